The Bertz CT molecular complexity index is 590. The molecule has 7 heteroatoms. The summed E-state index contributed by atoms with van der Waals surface area (Å²) in [4.78, 5) is 0.0675. The molecule has 0 unspecified atom stereocenters. The van der Waals surface area contributed by atoms with Gasteiger partial charge in [0, 0.05) is 10.5 Å². The average molecular weight is 317 g/mol. The van der Waals surface area contributed by atoms with Crippen LogP contribution in [0.4, 0.5) is 0 Å². The molecular weight excluding hydrogens is 308 g/mol. The molecular formula is C10H9BrN2O3S. The van der Waals surface area contributed by atoms with Gasteiger partial charge in [0.2, 0.25) is 0 Å². The van der Waals surface area contributed by atoms with E-state index in [0.29, 0.717) is 5.75 Å². The maximum Gasteiger partial charge on any atom is 0.283 e. The molecule has 0 atom stereocenters. The number of ether oxygens (including phenoxy) is 1. The largest absolute Gasteiger partial charge is 0.488 e. The van der Waals surface area contributed by atoms with E-state index >= 15 is 0 Å². The molecule has 0 aromatic heterocycles. The van der Waals surface area contributed by atoms with Gasteiger partial charge in [-0.05, 0) is 24.3 Å². The Kier molecular flexibility index (Phi) is 3.21. The molecule has 0 bridgehead atoms. The minimum atomic E-state index is -3.62. The monoisotopic (exact) mass is 316 g/mol. The molecule has 0 amide bonds. The van der Waals surface area contributed by atoms with Crippen LogP contribution in [-0.4, -0.2) is 20.9 Å². The van der Waals surface area contributed by atoms with E-state index in [9.17, 15) is 8.42 Å². The standard InChI is InChI=1S/C10H9BrN2O3S/c11-7-1-3-8(4-2-7)16-6-9-5-10(12)13-17(9,14)15/h1-5H,6H2,(H2,12,13). The third-order valence-corrected chi connectivity index (χ3v) is 3.94. The molecule has 1 aromatic rings. The lowest BCUT2D eigenvalue weighted by molar-refractivity contribution is 0.358. The number of sulfonamides is 1. The first-order valence-electron chi connectivity index (χ1n) is 4.67. The van der Waals surface area contributed by atoms with Gasteiger partial charge >= 0.3 is 0 Å². The lowest BCUT2D eigenvalue weighted by atomic mass is 10.3. The van der Waals surface area contributed by atoms with Crippen molar-refractivity contribution in [3.8, 4) is 5.75 Å². The normalized spacial score (nSPS) is 17.5. The maximum absolute atomic E-state index is 11.4. The third kappa shape index (κ3) is 2.86. The first-order valence-corrected chi connectivity index (χ1v) is 6.90. The highest BCUT2D eigenvalue weighted by molar-refractivity contribution is 9.10. The van der Waals surface area contributed by atoms with Gasteiger partial charge in [-0.25, -0.2) is 0 Å². The van der Waals surface area contributed by atoms with E-state index in [0.717, 1.165) is 4.47 Å². The fourth-order valence-corrected chi connectivity index (χ4v) is 2.45. The van der Waals surface area contributed by atoms with Crippen molar-refractivity contribution in [2.45, 2.75) is 0 Å². The lowest BCUT2D eigenvalue weighted by Crippen LogP contribution is -2.07. The zero-order valence-electron chi connectivity index (χ0n) is 8.63. The second-order valence-corrected chi connectivity index (χ2v) is 5.92. The van der Waals surface area contributed by atoms with Crippen LogP contribution in [0.25, 0.3) is 0 Å². The molecule has 2 rings (SSSR count). The summed E-state index contributed by atoms with van der Waals surface area (Å²) in [5.74, 6) is 0.564. The van der Waals surface area contributed by atoms with Gasteiger partial charge in [-0.15, -0.1) is 4.40 Å². The van der Waals surface area contributed by atoms with Crippen LogP contribution in [0.3, 0.4) is 0 Å². The molecule has 0 saturated carbocycles. The number of hydrogen-bond acceptors (Lipinski definition) is 4. The number of benzene rings is 1. The number of halogens is 1. The molecule has 5 nitrogen and oxygen atoms in total. The fraction of sp³-hybridized carbons (Fsp3) is 0.100. The summed E-state index contributed by atoms with van der Waals surface area (Å²) in [6, 6.07) is 7.07. The predicted octanol–water partition coefficient (Wildman–Crippen LogP) is 1.41. The van der Waals surface area contributed by atoms with Crippen LogP contribution in [0.15, 0.2) is 44.1 Å². The van der Waals surface area contributed by atoms with Crippen LogP contribution in [0, 0.1) is 0 Å². The van der Waals surface area contributed by atoms with Crippen LogP contribution in [0.1, 0.15) is 0 Å². The first-order chi connectivity index (χ1) is 7.97. The molecule has 0 fully saturated rings. The number of hydrogen-bond donors (Lipinski definition) is 1. The minimum Gasteiger partial charge on any atom is -0.488 e. The van der Waals surface area contributed by atoms with E-state index in [4.69, 9.17) is 10.5 Å². The van der Waals surface area contributed by atoms with Gasteiger partial charge < -0.3 is 10.5 Å². The molecule has 2 N–H and O–H groups in total. The Morgan fingerprint density at radius 2 is 1.94 bits per heavy atom. The molecule has 1 aromatic carbocycles. The molecule has 1 aliphatic heterocycles. The molecule has 0 spiro atoms. The van der Waals surface area contributed by atoms with Crippen molar-refractivity contribution in [1.82, 2.24) is 0 Å². The van der Waals surface area contributed by atoms with Crippen molar-refractivity contribution in [2.75, 3.05) is 6.61 Å². The van der Waals surface area contributed by atoms with Crippen molar-refractivity contribution in [1.29, 1.82) is 0 Å². The van der Waals surface area contributed by atoms with Crippen molar-refractivity contribution < 1.29 is 13.2 Å². The summed E-state index contributed by atoms with van der Waals surface area (Å²) in [7, 11) is -3.62. The molecule has 0 radical (unpaired) electrons. The number of nitrogens with two attached hydrogens (primary N) is 1. The Hall–Kier alpha value is -1.34. The molecule has 0 saturated heterocycles. The summed E-state index contributed by atoms with van der Waals surface area (Å²) in [6.07, 6.45) is 1.30. The quantitative estimate of drug-likeness (QED) is 0.914. The maximum atomic E-state index is 11.4. The van der Waals surface area contributed by atoms with E-state index < -0.39 is 10.0 Å². The summed E-state index contributed by atoms with van der Waals surface area (Å²) in [6.45, 7) is -0.0752. The van der Waals surface area contributed by atoms with E-state index in [1.807, 2.05) is 0 Å². The Morgan fingerprint density at radius 1 is 1.29 bits per heavy atom. The Morgan fingerprint density at radius 3 is 2.47 bits per heavy atom. The van der Waals surface area contributed by atoms with E-state index in [2.05, 4.69) is 20.3 Å². The van der Waals surface area contributed by atoms with Crippen molar-refractivity contribution >= 4 is 31.8 Å². The van der Waals surface area contributed by atoms with Gasteiger partial charge in [0.05, 0.1) is 0 Å². The zero-order chi connectivity index (χ0) is 12.5. The molecule has 90 valence electrons. The second kappa shape index (κ2) is 4.50. The smallest absolute Gasteiger partial charge is 0.283 e. The predicted molar refractivity (Wildman–Crippen MR) is 68.3 cm³/mol. The highest BCUT2D eigenvalue weighted by atomic mass is 79.9. The van der Waals surface area contributed by atoms with Crippen LogP contribution in [0.5, 0.6) is 5.75 Å². The van der Waals surface area contributed by atoms with Crippen molar-refractivity contribution in [2.24, 2.45) is 10.1 Å². The van der Waals surface area contributed by atoms with Gasteiger partial charge in [0.15, 0.2) is 0 Å². The Labute approximate surface area is 107 Å². The van der Waals surface area contributed by atoms with E-state index in [1.165, 1.54) is 6.08 Å². The summed E-state index contributed by atoms with van der Waals surface area (Å²) < 4.78 is 32.4. The van der Waals surface area contributed by atoms with Gasteiger partial charge in [-0.2, -0.15) is 8.42 Å². The van der Waals surface area contributed by atoms with Crippen molar-refractivity contribution in [3.63, 3.8) is 0 Å². The van der Waals surface area contributed by atoms with E-state index in [1.54, 1.807) is 24.3 Å². The highest BCUT2D eigenvalue weighted by Crippen LogP contribution is 2.20. The van der Waals surface area contributed by atoms with Crippen LogP contribution in [0.2, 0.25) is 0 Å². The zero-order valence-corrected chi connectivity index (χ0v) is 11.0. The molecule has 17 heavy (non-hydrogen) atoms. The van der Waals surface area contributed by atoms with Gasteiger partial charge in [-0.1, -0.05) is 15.9 Å². The van der Waals surface area contributed by atoms with Crippen LogP contribution in [-0.2, 0) is 10.0 Å². The van der Waals surface area contributed by atoms with Gasteiger partial charge in [0.1, 0.15) is 23.1 Å². The number of amidine groups is 1. The molecule has 1 aliphatic rings. The fourth-order valence-electron chi connectivity index (χ4n) is 1.26. The average Bonchev–Trinajstić information content (AvgIpc) is 2.51. The molecule has 0 aliphatic carbocycles. The summed E-state index contributed by atoms with van der Waals surface area (Å²) in [5.41, 5.74) is 5.32. The summed E-state index contributed by atoms with van der Waals surface area (Å²) >= 11 is 3.29. The minimum absolute atomic E-state index is 0.0144. The summed E-state index contributed by atoms with van der Waals surface area (Å²) in [5, 5.41) is 0. The van der Waals surface area contributed by atoms with Crippen molar-refractivity contribution in [3.05, 3.63) is 39.7 Å². The number of nitrogens with zero attached hydrogens (tertiary/aromatic N) is 1. The van der Waals surface area contributed by atoms with Crippen LogP contribution < -0.4 is 10.5 Å². The van der Waals surface area contributed by atoms with E-state index in [-0.39, 0.29) is 17.3 Å². The topological polar surface area (TPSA) is 81.8 Å². The highest BCUT2D eigenvalue weighted by Gasteiger charge is 2.23. The van der Waals surface area contributed by atoms with Gasteiger partial charge in [0.25, 0.3) is 10.0 Å². The lowest BCUT2D eigenvalue weighted by Gasteiger charge is -2.05. The van der Waals surface area contributed by atoms with Gasteiger partial charge in [-0.3, -0.25) is 0 Å². The Balaban J connectivity index is 2.05. The third-order valence-electron chi connectivity index (χ3n) is 2.06. The number of rotatable bonds is 3. The SMILES string of the molecule is NC1=NS(=O)(=O)C(COc2ccc(Br)cc2)=C1. The van der Waals surface area contributed by atoms with Crippen LogP contribution >= 0.6 is 15.9 Å². The first kappa shape index (κ1) is 12.1. The second-order valence-electron chi connectivity index (χ2n) is 3.34. The molecule has 1 heterocycles.